The molecule has 0 aromatic heterocycles. The highest BCUT2D eigenvalue weighted by Crippen LogP contribution is 2.32. The second-order valence-corrected chi connectivity index (χ2v) is 13.8. The minimum atomic E-state index is -0.559. The summed E-state index contributed by atoms with van der Waals surface area (Å²) in [6, 6.07) is 0. The fourth-order valence-electron chi connectivity index (χ4n) is 2.06. The van der Waals surface area contributed by atoms with Crippen LogP contribution in [-0.4, -0.2) is 125 Å². The molecular weight excluding hydrogens is 582 g/mol. The van der Waals surface area contributed by atoms with Gasteiger partial charge >= 0.3 is 0 Å². The Morgan fingerprint density at radius 1 is 0.452 bits per heavy atom. The number of rotatable bonds is 22. The zero-order chi connectivity index (χ0) is 23.5. The van der Waals surface area contributed by atoms with Crippen molar-refractivity contribution in [2.75, 3.05) is 69.5 Å². The van der Waals surface area contributed by atoms with Gasteiger partial charge in [-0.15, -0.1) is 46.4 Å². The lowest BCUT2D eigenvalue weighted by Crippen LogP contribution is -2.29. The number of aliphatic hydroxyl groups is 4. The van der Waals surface area contributed by atoms with Gasteiger partial charge in [-0.05, 0) is 0 Å². The van der Waals surface area contributed by atoms with Gasteiger partial charge in [0.25, 0.3) is 0 Å². The highest BCUT2D eigenvalue weighted by Gasteiger charge is 2.24. The molecule has 31 heavy (non-hydrogen) atoms. The second kappa shape index (κ2) is 23.2. The third kappa shape index (κ3) is 19.6. The van der Waals surface area contributed by atoms with E-state index in [4.69, 9.17) is 46.4 Å². The van der Waals surface area contributed by atoms with Gasteiger partial charge in [0.05, 0.1) is 24.4 Å². The summed E-state index contributed by atoms with van der Waals surface area (Å²) in [5, 5.41) is 39.6. The third-order valence-corrected chi connectivity index (χ3v) is 12.4. The average molecular weight is 617 g/mol. The van der Waals surface area contributed by atoms with E-state index in [1.165, 1.54) is 0 Å². The Balaban J connectivity index is 4.86. The molecule has 0 aromatic carbocycles. The van der Waals surface area contributed by atoms with Crippen LogP contribution in [-0.2, 0) is 0 Å². The average Bonchev–Trinajstić information content (AvgIpc) is 2.78. The van der Waals surface area contributed by atoms with Crippen LogP contribution in [0, 0.1) is 0 Å². The van der Waals surface area contributed by atoms with E-state index in [9.17, 15) is 20.4 Å². The zero-order valence-electron chi connectivity index (χ0n) is 17.3. The van der Waals surface area contributed by atoms with Crippen molar-refractivity contribution in [2.24, 2.45) is 0 Å². The van der Waals surface area contributed by atoms with E-state index in [1.54, 1.807) is 47.0 Å². The van der Waals surface area contributed by atoms with Crippen LogP contribution < -0.4 is 0 Å². The van der Waals surface area contributed by atoms with Gasteiger partial charge in [0, 0.05) is 80.0 Å². The number of aliphatic hydroxyl groups excluding tert-OH is 4. The lowest BCUT2D eigenvalue weighted by molar-refractivity contribution is 0.223. The maximum atomic E-state index is 9.93. The normalized spacial score (nSPS) is 17.8. The molecule has 0 radical (unpaired) electrons. The van der Waals surface area contributed by atoms with E-state index < -0.39 is 24.4 Å². The van der Waals surface area contributed by atoms with Crippen molar-refractivity contribution >= 4 is 105 Å². The number of halogens is 4. The second-order valence-electron chi connectivity index (χ2n) is 6.66. The van der Waals surface area contributed by atoms with Crippen molar-refractivity contribution in [3.63, 3.8) is 0 Å². The van der Waals surface area contributed by atoms with Crippen molar-refractivity contribution in [1.29, 1.82) is 0 Å². The van der Waals surface area contributed by atoms with Crippen molar-refractivity contribution in [1.82, 2.24) is 0 Å². The van der Waals surface area contributed by atoms with Gasteiger partial charge in [-0.1, -0.05) is 0 Å². The van der Waals surface area contributed by atoms with Crippen LogP contribution in [0.15, 0.2) is 0 Å². The predicted molar refractivity (Wildman–Crippen MR) is 151 cm³/mol. The Morgan fingerprint density at radius 2 is 0.839 bits per heavy atom. The number of hydrogen-bond donors (Lipinski definition) is 4. The van der Waals surface area contributed by atoms with Crippen LogP contribution in [0.5, 0.6) is 0 Å². The van der Waals surface area contributed by atoms with E-state index in [1.807, 2.05) is 11.8 Å². The van der Waals surface area contributed by atoms with E-state index in [0.29, 0.717) is 28.3 Å². The molecule has 0 aliphatic heterocycles. The van der Waals surface area contributed by atoms with Crippen LogP contribution in [0.25, 0.3) is 0 Å². The van der Waals surface area contributed by atoms with Gasteiger partial charge in [-0.3, -0.25) is 0 Å². The first-order valence-electron chi connectivity index (χ1n) is 9.80. The number of hydrogen-bond acceptors (Lipinski definition) is 9. The fourth-order valence-corrected chi connectivity index (χ4v) is 9.98. The molecule has 0 fully saturated rings. The van der Waals surface area contributed by atoms with Crippen LogP contribution in [0.1, 0.15) is 0 Å². The molecule has 0 amide bonds. The lowest BCUT2D eigenvalue weighted by Gasteiger charge is -2.27. The van der Waals surface area contributed by atoms with Crippen molar-refractivity contribution in [3.05, 3.63) is 0 Å². The van der Waals surface area contributed by atoms with E-state index in [-0.39, 0.29) is 28.8 Å². The molecule has 6 unspecified atom stereocenters. The van der Waals surface area contributed by atoms with Crippen LogP contribution >= 0.6 is 105 Å². The topological polar surface area (TPSA) is 80.9 Å². The van der Waals surface area contributed by atoms with Crippen molar-refractivity contribution in [2.45, 2.75) is 34.9 Å². The molecule has 0 bridgehead atoms. The molecule has 0 saturated carbocycles. The largest absolute Gasteiger partial charge is 0.391 e. The monoisotopic (exact) mass is 614 g/mol. The molecule has 4 N–H and O–H groups in total. The summed E-state index contributed by atoms with van der Waals surface area (Å²) in [7, 11) is 0. The smallest absolute Gasteiger partial charge is 0.0765 e. The van der Waals surface area contributed by atoms with E-state index >= 15 is 0 Å². The molecule has 0 saturated heterocycles. The van der Waals surface area contributed by atoms with Gasteiger partial charge in [0.15, 0.2) is 0 Å². The van der Waals surface area contributed by atoms with Gasteiger partial charge in [-0.25, -0.2) is 0 Å². The molecule has 0 heterocycles. The lowest BCUT2D eigenvalue weighted by atomic mass is 10.3. The molecule has 6 atom stereocenters. The molecule has 0 aliphatic rings. The predicted octanol–water partition coefficient (Wildman–Crippen LogP) is 3.79. The quantitative estimate of drug-likeness (QED) is 0.107. The Kier molecular flexibility index (Phi) is 25.2. The molecule has 4 nitrogen and oxygen atoms in total. The van der Waals surface area contributed by atoms with Gasteiger partial charge in [0.2, 0.25) is 0 Å². The minimum Gasteiger partial charge on any atom is -0.391 e. The molecule has 0 spiro atoms. The summed E-state index contributed by atoms with van der Waals surface area (Å²) in [5.41, 5.74) is 0. The van der Waals surface area contributed by atoms with Gasteiger partial charge < -0.3 is 20.4 Å². The van der Waals surface area contributed by atoms with Crippen LogP contribution in [0.2, 0.25) is 0 Å². The maximum Gasteiger partial charge on any atom is 0.0765 e. The minimum absolute atomic E-state index is 0.200. The molecule has 0 aliphatic carbocycles. The SMILES string of the molecule is OC(CCl)CSCCSC(CSCC(O)CCl)C(CSCC(O)CCl)SCC(O)CCl. The Hall–Kier alpha value is 2.75. The first kappa shape index (κ1) is 33.8. The molecule has 13 heteroatoms. The van der Waals surface area contributed by atoms with Crippen molar-refractivity contribution in [3.8, 4) is 0 Å². The van der Waals surface area contributed by atoms with Gasteiger partial charge in [-0.2, -0.15) is 58.8 Å². The first-order valence-corrected chi connectivity index (χ1v) is 17.5. The Bertz CT molecular complexity index is 410. The molecule has 188 valence electrons. The van der Waals surface area contributed by atoms with E-state index in [2.05, 4.69) is 0 Å². The third-order valence-electron chi connectivity index (χ3n) is 3.68. The molecule has 0 aromatic rings. The van der Waals surface area contributed by atoms with Crippen LogP contribution in [0.3, 0.4) is 0 Å². The zero-order valence-corrected chi connectivity index (χ0v) is 24.4. The molecular formula is C18H34Cl4O4S5. The Labute approximate surface area is 228 Å². The standard InChI is InChI=1S/C18H34Cl4O4S5/c19-3-13(23)7-27-1-2-30-17(11-28-8-14(24)4-20)18(31-10-16(26)6-22)12-29-9-15(25)5-21/h13-18,23-26H,1-12H2. The van der Waals surface area contributed by atoms with Crippen LogP contribution in [0.4, 0.5) is 0 Å². The van der Waals surface area contributed by atoms with Crippen molar-refractivity contribution < 1.29 is 20.4 Å². The molecule has 0 rings (SSSR count). The summed E-state index contributed by atoms with van der Waals surface area (Å²) in [6.45, 7) is 0. The fraction of sp³-hybridized carbons (Fsp3) is 1.00. The highest BCUT2D eigenvalue weighted by atomic mass is 35.5. The summed E-state index contributed by atoms with van der Waals surface area (Å²) < 4.78 is 0. The summed E-state index contributed by atoms with van der Waals surface area (Å²) in [4.78, 5) is 0. The summed E-state index contributed by atoms with van der Waals surface area (Å²) >= 11 is 31.4. The number of thioether (sulfide) groups is 5. The highest BCUT2D eigenvalue weighted by molar-refractivity contribution is 8.07. The summed E-state index contributed by atoms with van der Waals surface area (Å²) in [5.74, 6) is 6.70. The first-order chi connectivity index (χ1) is 14.9. The maximum absolute atomic E-state index is 9.93. The van der Waals surface area contributed by atoms with Gasteiger partial charge in [0.1, 0.15) is 0 Å². The Morgan fingerprint density at radius 3 is 1.29 bits per heavy atom. The van der Waals surface area contributed by atoms with E-state index in [0.717, 1.165) is 23.0 Å². The number of alkyl halides is 4. The summed E-state index contributed by atoms with van der Waals surface area (Å²) in [6.07, 6.45) is -2.10.